The fourth-order valence-electron chi connectivity index (χ4n) is 2.10. The first-order valence-corrected chi connectivity index (χ1v) is 6.89. The maximum absolute atomic E-state index is 11.5. The number of rotatable bonds is 3. The molecule has 0 aromatic heterocycles. The van der Waals surface area contributed by atoms with Crippen LogP contribution in [-0.2, 0) is 17.6 Å². The fourth-order valence-corrected chi connectivity index (χ4v) is 3.47. The smallest absolute Gasteiger partial charge is 0.146 e. The fraction of sp³-hybridized carbons (Fsp3) is 0.500. The summed E-state index contributed by atoms with van der Waals surface area (Å²) in [5.41, 5.74) is 2.74. The van der Waals surface area contributed by atoms with Crippen molar-refractivity contribution in [2.45, 2.75) is 43.6 Å². The molecule has 1 aromatic carbocycles. The number of hydrogen-bond acceptors (Lipinski definition) is 2. The molecule has 2 atom stereocenters. The monoisotopic (exact) mass is 234 g/mol. The normalized spacial score (nSPS) is 25.0. The zero-order chi connectivity index (χ0) is 11.5. The molecule has 0 saturated carbocycles. The SMILES string of the molecule is CCc1ccc(CC2CC(=O)C(C)S2)cc1. The van der Waals surface area contributed by atoms with E-state index in [4.69, 9.17) is 0 Å². The first-order valence-electron chi connectivity index (χ1n) is 5.95. The highest BCUT2D eigenvalue weighted by Gasteiger charge is 2.29. The molecular formula is C14H18OS. The van der Waals surface area contributed by atoms with Gasteiger partial charge in [0, 0.05) is 11.7 Å². The first-order chi connectivity index (χ1) is 7.69. The van der Waals surface area contributed by atoms with Crippen molar-refractivity contribution in [3.63, 3.8) is 0 Å². The molecule has 0 N–H and O–H groups in total. The molecule has 1 aliphatic rings. The first kappa shape index (κ1) is 11.7. The molecule has 1 saturated heterocycles. The van der Waals surface area contributed by atoms with Gasteiger partial charge in [0.25, 0.3) is 0 Å². The van der Waals surface area contributed by atoms with Gasteiger partial charge in [-0.15, -0.1) is 11.8 Å². The van der Waals surface area contributed by atoms with Crippen LogP contribution < -0.4 is 0 Å². The van der Waals surface area contributed by atoms with Crippen molar-refractivity contribution in [3.8, 4) is 0 Å². The van der Waals surface area contributed by atoms with E-state index in [2.05, 4.69) is 31.2 Å². The summed E-state index contributed by atoms with van der Waals surface area (Å²) in [5.74, 6) is 0.417. The summed E-state index contributed by atoms with van der Waals surface area (Å²) in [6.45, 7) is 4.19. The van der Waals surface area contributed by atoms with E-state index in [1.807, 2.05) is 18.7 Å². The van der Waals surface area contributed by atoms with Crippen LogP contribution in [0.2, 0.25) is 0 Å². The summed E-state index contributed by atoms with van der Waals surface area (Å²) < 4.78 is 0. The minimum Gasteiger partial charge on any atom is -0.298 e. The lowest BCUT2D eigenvalue weighted by atomic mass is 10.0. The summed E-state index contributed by atoms with van der Waals surface area (Å²) in [4.78, 5) is 11.5. The van der Waals surface area contributed by atoms with Gasteiger partial charge in [0.1, 0.15) is 5.78 Å². The molecule has 2 heteroatoms. The summed E-state index contributed by atoms with van der Waals surface area (Å²) in [7, 11) is 0. The van der Waals surface area contributed by atoms with Gasteiger partial charge in [-0.25, -0.2) is 0 Å². The number of ketones is 1. The molecule has 1 heterocycles. The predicted octanol–water partition coefficient (Wildman–Crippen LogP) is 3.25. The quantitative estimate of drug-likeness (QED) is 0.798. The van der Waals surface area contributed by atoms with Crippen molar-refractivity contribution in [1.82, 2.24) is 0 Å². The highest BCUT2D eigenvalue weighted by molar-refractivity contribution is 8.01. The Morgan fingerprint density at radius 1 is 1.25 bits per heavy atom. The summed E-state index contributed by atoms with van der Waals surface area (Å²) in [6.07, 6.45) is 2.88. The number of hydrogen-bond donors (Lipinski definition) is 0. The van der Waals surface area contributed by atoms with E-state index < -0.39 is 0 Å². The third kappa shape index (κ3) is 2.67. The Labute approximate surface area is 102 Å². The van der Waals surface area contributed by atoms with Gasteiger partial charge in [-0.1, -0.05) is 31.2 Å². The number of carbonyl (C=O) groups excluding carboxylic acids is 1. The van der Waals surface area contributed by atoms with Crippen LogP contribution in [0.4, 0.5) is 0 Å². The maximum atomic E-state index is 11.5. The van der Waals surface area contributed by atoms with E-state index in [0.29, 0.717) is 11.0 Å². The lowest BCUT2D eigenvalue weighted by Crippen LogP contribution is -2.05. The zero-order valence-electron chi connectivity index (χ0n) is 9.90. The number of aryl methyl sites for hydroxylation is 1. The Bertz CT molecular complexity index is 369. The predicted molar refractivity (Wildman–Crippen MR) is 70.0 cm³/mol. The van der Waals surface area contributed by atoms with Crippen molar-refractivity contribution in [2.24, 2.45) is 0 Å². The lowest BCUT2D eigenvalue weighted by molar-refractivity contribution is -0.117. The topological polar surface area (TPSA) is 17.1 Å². The van der Waals surface area contributed by atoms with Gasteiger partial charge in [0.05, 0.1) is 5.25 Å². The van der Waals surface area contributed by atoms with E-state index in [1.54, 1.807) is 0 Å². The van der Waals surface area contributed by atoms with Crippen molar-refractivity contribution >= 4 is 17.5 Å². The summed E-state index contributed by atoms with van der Waals surface area (Å²) in [5, 5.41) is 0.704. The Morgan fingerprint density at radius 2 is 1.88 bits per heavy atom. The van der Waals surface area contributed by atoms with E-state index >= 15 is 0 Å². The Hall–Kier alpha value is -0.760. The summed E-state index contributed by atoms with van der Waals surface area (Å²) in [6, 6.07) is 8.79. The average Bonchev–Trinajstić information content (AvgIpc) is 2.59. The molecule has 1 aromatic rings. The van der Waals surface area contributed by atoms with E-state index in [1.165, 1.54) is 11.1 Å². The van der Waals surface area contributed by atoms with Gasteiger partial charge >= 0.3 is 0 Å². The second-order valence-corrected chi connectivity index (χ2v) is 6.09. The van der Waals surface area contributed by atoms with Crippen LogP contribution in [0.1, 0.15) is 31.4 Å². The minimum atomic E-state index is 0.208. The van der Waals surface area contributed by atoms with E-state index in [9.17, 15) is 4.79 Å². The summed E-state index contributed by atoms with van der Waals surface area (Å²) >= 11 is 1.83. The molecule has 0 radical (unpaired) electrons. The van der Waals surface area contributed by atoms with Gasteiger partial charge in [-0.3, -0.25) is 4.79 Å². The molecule has 1 aliphatic heterocycles. The van der Waals surface area contributed by atoms with Crippen LogP contribution in [0, 0.1) is 0 Å². The van der Waals surface area contributed by atoms with Crippen molar-refractivity contribution in [2.75, 3.05) is 0 Å². The molecule has 0 aliphatic carbocycles. The highest BCUT2D eigenvalue weighted by atomic mass is 32.2. The molecule has 2 rings (SSSR count). The molecule has 0 bridgehead atoms. The van der Waals surface area contributed by atoms with Crippen LogP contribution in [0.5, 0.6) is 0 Å². The van der Waals surface area contributed by atoms with Crippen LogP contribution >= 0.6 is 11.8 Å². The van der Waals surface area contributed by atoms with Crippen LogP contribution in [0.25, 0.3) is 0 Å². The van der Waals surface area contributed by atoms with Crippen LogP contribution in [0.3, 0.4) is 0 Å². The van der Waals surface area contributed by atoms with Crippen LogP contribution in [0.15, 0.2) is 24.3 Å². The van der Waals surface area contributed by atoms with Crippen LogP contribution in [-0.4, -0.2) is 16.3 Å². The van der Waals surface area contributed by atoms with Gasteiger partial charge in [0.15, 0.2) is 0 Å². The molecule has 1 nitrogen and oxygen atoms in total. The third-order valence-electron chi connectivity index (χ3n) is 3.17. The molecule has 0 amide bonds. The highest BCUT2D eigenvalue weighted by Crippen LogP contribution is 2.32. The van der Waals surface area contributed by atoms with Gasteiger partial charge in [-0.05, 0) is 30.9 Å². The van der Waals surface area contributed by atoms with Crippen molar-refractivity contribution < 1.29 is 4.79 Å². The molecule has 0 spiro atoms. The number of thioether (sulfide) groups is 1. The minimum absolute atomic E-state index is 0.208. The van der Waals surface area contributed by atoms with Crippen molar-refractivity contribution in [1.29, 1.82) is 0 Å². The van der Waals surface area contributed by atoms with Gasteiger partial charge in [0.2, 0.25) is 0 Å². The number of benzene rings is 1. The number of Topliss-reactive ketones (excluding diaryl/α,β-unsaturated/α-hetero) is 1. The Kier molecular flexibility index (Phi) is 3.70. The molecular weight excluding hydrogens is 216 g/mol. The number of carbonyl (C=O) groups is 1. The Morgan fingerprint density at radius 3 is 2.38 bits per heavy atom. The van der Waals surface area contributed by atoms with Crippen molar-refractivity contribution in [3.05, 3.63) is 35.4 Å². The Balaban J connectivity index is 1.96. The van der Waals surface area contributed by atoms with Gasteiger partial charge in [-0.2, -0.15) is 0 Å². The second kappa shape index (κ2) is 5.05. The molecule has 2 unspecified atom stereocenters. The molecule has 86 valence electrons. The van der Waals surface area contributed by atoms with E-state index in [-0.39, 0.29) is 5.25 Å². The average molecular weight is 234 g/mol. The lowest BCUT2D eigenvalue weighted by Gasteiger charge is -2.08. The second-order valence-electron chi connectivity index (χ2n) is 4.44. The zero-order valence-corrected chi connectivity index (χ0v) is 10.7. The standard InChI is InChI=1S/C14H18OS/c1-3-11-4-6-12(7-5-11)8-13-9-14(15)10(2)16-13/h4-7,10,13H,3,8-9H2,1-2H3. The van der Waals surface area contributed by atoms with Gasteiger partial charge < -0.3 is 0 Å². The molecule has 1 fully saturated rings. The third-order valence-corrected chi connectivity index (χ3v) is 4.56. The molecule has 16 heavy (non-hydrogen) atoms. The van der Waals surface area contributed by atoms with E-state index in [0.717, 1.165) is 19.3 Å². The maximum Gasteiger partial charge on any atom is 0.146 e. The largest absolute Gasteiger partial charge is 0.298 e.